The molecule has 138 valence electrons. The van der Waals surface area contributed by atoms with Crippen LogP contribution < -0.4 is 0 Å². The topological polar surface area (TPSA) is 88.5 Å². The van der Waals surface area contributed by atoms with Crippen LogP contribution in [-0.4, -0.2) is 78.4 Å². The lowest BCUT2D eigenvalue weighted by atomic mass is 9.92. The molecule has 2 aliphatic heterocycles. The molecule has 3 aliphatic rings. The summed E-state index contributed by atoms with van der Waals surface area (Å²) in [5.74, 6) is -1.38. The van der Waals surface area contributed by atoms with Crippen LogP contribution in [0.1, 0.15) is 6.42 Å². The summed E-state index contributed by atoms with van der Waals surface area (Å²) in [7, 11) is 1.29. The lowest BCUT2D eigenvalue weighted by Crippen LogP contribution is -2.48. The number of hydrogen-bond acceptors (Lipinski definition) is 6. The molecule has 26 heavy (non-hydrogen) atoms. The van der Waals surface area contributed by atoms with E-state index in [2.05, 4.69) is 9.73 Å². The van der Waals surface area contributed by atoms with Gasteiger partial charge in [-0.25, -0.2) is 9.79 Å². The van der Waals surface area contributed by atoms with E-state index in [1.54, 1.807) is 17.1 Å². The van der Waals surface area contributed by atoms with E-state index < -0.39 is 11.9 Å². The molecule has 0 saturated carbocycles. The van der Waals surface area contributed by atoms with Crippen molar-refractivity contribution in [2.24, 2.45) is 10.9 Å². The first-order valence-electron chi connectivity index (χ1n) is 8.29. The first kappa shape index (κ1) is 18.4. The van der Waals surface area contributed by atoms with E-state index in [1.165, 1.54) is 18.1 Å². The number of allylic oxidation sites excluding steroid dienone is 1. The summed E-state index contributed by atoms with van der Waals surface area (Å²) in [5, 5.41) is 0.104. The van der Waals surface area contributed by atoms with E-state index >= 15 is 0 Å². The van der Waals surface area contributed by atoms with Crippen LogP contribution in [0, 0.1) is 5.92 Å². The summed E-state index contributed by atoms with van der Waals surface area (Å²) < 4.78 is 9.90. The maximum Gasteiger partial charge on any atom is 0.337 e. The van der Waals surface area contributed by atoms with Gasteiger partial charge in [0.05, 0.1) is 37.5 Å². The van der Waals surface area contributed by atoms with Gasteiger partial charge in [0.15, 0.2) is 0 Å². The minimum Gasteiger partial charge on any atom is -0.465 e. The highest BCUT2D eigenvalue weighted by Gasteiger charge is 2.35. The average molecular weight is 377 g/mol. The molecule has 0 aromatic rings. The number of nitrogens with zero attached hydrogens (tertiary/aromatic N) is 3. The largest absolute Gasteiger partial charge is 0.465 e. The molecule has 2 heterocycles. The standard InChI is InChI=1S/C17H19N3O5S/c1-24-16(23)11-2-3-12-13(10-11)18-17(26)20(15(12)22)5-4-14(21)19-6-8-25-9-7-19/h2-3,10,12H,4-9H2,1H3. The van der Waals surface area contributed by atoms with Crippen LogP contribution >= 0.6 is 12.2 Å². The Hall–Kier alpha value is -2.39. The van der Waals surface area contributed by atoms with Gasteiger partial charge in [-0.1, -0.05) is 12.2 Å². The van der Waals surface area contributed by atoms with Crippen LogP contribution in [0.15, 0.2) is 28.8 Å². The Morgan fingerprint density at radius 2 is 2.12 bits per heavy atom. The molecule has 8 nitrogen and oxygen atoms in total. The van der Waals surface area contributed by atoms with E-state index in [-0.39, 0.29) is 29.9 Å². The number of carbonyl (C=O) groups is 3. The smallest absolute Gasteiger partial charge is 0.337 e. The van der Waals surface area contributed by atoms with Crippen LogP contribution in [0.4, 0.5) is 0 Å². The van der Waals surface area contributed by atoms with Gasteiger partial charge in [0, 0.05) is 26.1 Å². The average Bonchev–Trinajstić information content (AvgIpc) is 2.67. The van der Waals surface area contributed by atoms with Crippen LogP contribution in [0.2, 0.25) is 0 Å². The predicted octanol–water partition coefficient (Wildman–Crippen LogP) is 0.0888. The van der Waals surface area contributed by atoms with E-state index in [0.717, 1.165) is 0 Å². The van der Waals surface area contributed by atoms with Gasteiger partial charge in [0.1, 0.15) is 0 Å². The number of morpholine rings is 1. The van der Waals surface area contributed by atoms with Crippen LogP contribution in [0.5, 0.6) is 0 Å². The highest BCUT2D eigenvalue weighted by molar-refractivity contribution is 7.80. The third kappa shape index (κ3) is 3.73. The van der Waals surface area contributed by atoms with E-state index in [1.807, 2.05) is 0 Å². The maximum absolute atomic E-state index is 12.7. The molecular formula is C17H19N3O5S. The van der Waals surface area contributed by atoms with Crippen molar-refractivity contribution in [3.63, 3.8) is 0 Å². The summed E-state index contributed by atoms with van der Waals surface area (Å²) in [6.07, 6.45) is 4.83. The Morgan fingerprint density at radius 3 is 2.81 bits per heavy atom. The summed E-state index contributed by atoms with van der Waals surface area (Å²) in [6, 6.07) is 0. The van der Waals surface area contributed by atoms with E-state index in [0.29, 0.717) is 37.6 Å². The number of methoxy groups -OCH3 is 1. The van der Waals surface area contributed by atoms with Crippen molar-refractivity contribution < 1.29 is 23.9 Å². The van der Waals surface area contributed by atoms with Crippen LogP contribution in [0.3, 0.4) is 0 Å². The number of hydrogen-bond donors (Lipinski definition) is 0. The lowest BCUT2D eigenvalue weighted by Gasteiger charge is -2.32. The quantitative estimate of drug-likeness (QED) is 0.510. The van der Waals surface area contributed by atoms with Crippen LogP contribution in [0.25, 0.3) is 0 Å². The molecular weight excluding hydrogens is 358 g/mol. The number of esters is 1. The maximum atomic E-state index is 12.7. The summed E-state index contributed by atoms with van der Waals surface area (Å²) >= 11 is 5.22. The minimum atomic E-state index is -0.603. The zero-order chi connectivity index (χ0) is 18.7. The van der Waals surface area contributed by atoms with Gasteiger partial charge in [-0.05, 0) is 18.3 Å². The third-order valence-corrected chi connectivity index (χ3v) is 4.72. The molecule has 1 aliphatic carbocycles. The fourth-order valence-corrected chi connectivity index (χ4v) is 3.25. The second kappa shape index (κ2) is 7.88. The van der Waals surface area contributed by atoms with E-state index in [4.69, 9.17) is 17.0 Å². The first-order valence-corrected chi connectivity index (χ1v) is 8.69. The fourth-order valence-electron chi connectivity index (χ4n) is 2.97. The van der Waals surface area contributed by atoms with Crippen molar-refractivity contribution in [3.05, 3.63) is 23.8 Å². The monoisotopic (exact) mass is 377 g/mol. The Labute approximate surface area is 156 Å². The molecule has 0 aromatic heterocycles. The second-order valence-electron chi connectivity index (χ2n) is 5.98. The SMILES string of the molecule is COC(=O)C1=CC2=NC(=S)N(CCC(=O)N3CCOCC3)C(=O)C2C=C1. The van der Waals surface area contributed by atoms with Crippen molar-refractivity contribution in [2.75, 3.05) is 40.0 Å². The van der Waals surface area contributed by atoms with Crippen molar-refractivity contribution >= 4 is 40.8 Å². The van der Waals surface area contributed by atoms with Gasteiger partial charge in [-0.3, -0.25) is 14.5 Å². The number of aliphatic imine (C=N–C) groups is 1. The van der Waals surface area contributed by atoms with Gasteiger partial charge in [-0.2, -0.15) is 0 Å². The van der Waals surface area contributed by atoms with Crippen molar-refractivity contribution in [1.29, 1.82) is 0 Å². The molecule has 2 amide bonds. The molecule has 0 aromatic carbocycles. The molecule has 1 atom stereocenters. The molecule has 1 fully saturated rings. The van der Waals surface area contributed by atoms with Gasteiger partial charge in [0.2, 0.25) is 16.9 Å². The number of rotatable bonds is 4. The van der Waals surface area contributed by atoms with Crippen LogP contribution in [-0.2, 0) is 23.9 Å². The Bertz CT molecular complexity index is 737. The third-order valence-electron chi connectivity index (χ3n) is 4.41. The zero-order valence-corrected chi connectivity index (χ0v) is 15.2. The predicted molar refractivity (Wildman–Crippen MR) is 96.5 cm³/mol. The van der Waals surface area contributed by atoms with Crippen molar-refractivity contribution in [3.8, 4) is 0 Å². The Kier molecular flexibility index (Phi) is 5.58. The molecule has 1 saturated heterocycles. The summed E-state index contributed by atoms with van der Waals surface area (Å²) in [4.78, 5) is 43.9. The zero-order valence-electron chi connectivity index (χ0n) is 14.3. The number of carbonyl (C=O) groups excluding carboxylic acids is 3. The van der Waals surface area contributed by atoms with Crippen molar-refractivity contribution in [2.45, 2.75) is 6.42 Å². The second-order valence-corrected chi connectivity index (χ2v) is 6.35. The van der Waals surface area contributed by atoms with Gasteiger partial charge in [-0.15, -0.1) is 0 Å². The minimum absolute atomic E-state index is 0.0364. The van der Waals surface area contributed by atoms with Gasteiger partial charge in [0.25, 0.3) is 0 Å². The number of amides is 2. The number of fused-ring (bicyclic) bond motifs is 1. The highest BCUT2D eigenvalue weighted by Crippen LogP contribution is 2.23. The first-order chi connectivity index (χ1) is 12.5. The summed E-state index contributed by atoms with van der Waals surface area (Å²) in [5.41, 5.74) is 0.729. The fraction of sp³-hybridized carbons (Fsp3) is 0.471. The highest BCUT2D eigenvalue weighted by atomic mass is 32.1. The van der Waals surface area contributed by atoms with Crippen molar-refractivity contribution in [1.82, 2.24) is 9.80 Å². The van der Waals surface area contributed by atoms with Gasteiger partial charge < -0.3 is 14.4 Å². The number of ether oxygens (including phenoxy) is 2. The van der Waals surface area contributed by atoms with E-state index in [9.17, 15) is 14.4 Å². The Balaban J connectivity index is 1.67. The molecule has 0 radical (unpaired) electrons. The molecule has 1 unspecified atom stereocenters. The molecule has 9 heteroatoms. The van der Waals surface area contributed by atoms with Gasteiger partial charge >= 0.3 is 5.97 Å². The summed E-state index contributed by atoms with van der Waals surface area (Å²) in [6.45, 7) is 2.37. The Morgan fingerprint density at radius 1 is 1.38 bits per heavy atom. The lowest BCUT2D eigenvalue weighted by molar-refractivity contribution is -0.137. The molecule has 3 rings (SSSR count). The molecule has 0 N–H and O–H groups in total. The molecule has 0 bridgehead atoms. The normalized spacial score (nSPS) is 22.6. The molecule has 0 spiro atoms. The number of thiocarbonyl (C=S) groups is 1.